The molecule has 1 atom stereocenters. The lowest BCUT2D eigenvalue weighted by molar-refractivity contribution is -0.139. The highest BCUT2D eigenvalue weighted by atomic mass is 79.9. The van der Waals surface area contributed by atoms with Crippen LogP contribution in [0.2, 0.25) is 0 Å². The summed E-state index contributed by atoms with van der Waals surface area (Å²) in [5.74, 6) is 0.277. The number of ether oxygens (including phenoxy) is 2. The van der Waals surface area contributed by atoms with Crippen LogP contribution in [0.1, 0.15) is 31.0 Å². The first kappa shape index (κ1) is 22.2. The van der Waals surface area contributed by atoms with Crippen molar-refractivity contribution < 1.29 is 14.3 Å². The van der Waals surface area contributed by atoms with Crippen molar-refractivity contribution in [2.75, 3.05) is 13.7 Å². The van der Waals surface area contributed by atoms with Crippen molar-refractivity contribution in [2.24, 2.45) is 4.99 Å². The molecule has 1 aliphatic rings. The van der Waals surface area contributed by atoms with Gasteiger partial charge in [0.1, 0.15) is 5.75 Å². The van der Waals surface area contributed by atoms with E-state index in [-0.39, 0.29) is 12.2 Å². The summed E-state index contributed by atoms with van der Waals surface area (Å²) >= 11 is 4.75. The molecule has 1 aromatic heterocycles. The maximum absolute atomic E-state index is 13.5. The van der Waals surface area contributed by atoms with Gasteiger partial charge in [-0.2, -0.15) is 0 Å². The summed E-state index contributed by atoms with van der Waals surface area (Å²) in [5.41, 5.74) is 2.40. The molecular weight excluding hydrogens is 492 g/mol. The van der Waals surface area contributed by atoms with Crippen LogP contribution < -0.4 is 19.6 Å². The van der Waals surface area contributed by atoms with Gasteiger partial charge in [0.25, 0.3) is 5.56 Å². The molecule has 0 N–H and O–H groups in total. The normalized spacial score (nSPS) is 15.9. The number of nitrogens with zero attached hydrogens (tertiary/aromatic N) is 2. The maximum atomic E-state index is 13.5. The van der Waals surface area contributed by atoms with Crippen molar-refractivity contribution in [1.29, 1.82) is 0 Å². The molecule has 0 fully saturated rings. The number of esters is 1. The van der Waals surface area contributed by atoms with Crippen LogP contribution in [0.3, 0.4) is 0 Å². The second-order valence-corrected chi connectivity index (χ2v) is 9.05. The van der Waals surface area contributed by atoms with Crippen molar-refractivity contribution in [1.82, 2.24) is 4.57 Å². The van der Waals surface area contributed by atoms with Crippen LogP contribution in [0.25, 0.3) is 6.08 Å². The Bertz CT molecular complexity index is 1370. The van der Waals surface area contributed by atoms with Gasteiger partial charge in [0.05, 0.1) is 35.6 Å². The predicted octanol–water partition coefficient (Wildman–Crippen LogP) is 3.57. The molecule has 0 aliphatic carbocycles. The van der Waals surface area contributed by atoms with Gasteiger partial charge in [-0.1, -0.05) is 51.5 Å². The third-order valence-electron chi connectivity index (χ3n) is 5.12. The molecule has 0 saturated heterocycles. The number of aromatic nitrogens is 1. The second-order valence-electron chi connectivity index (χ2n) is 7.13. The first-order valence-electron chi connectivity index (χ1n) is 10.0. The Kier molecular flexibility index (Phi) is 6.43. The van der Waals surface area contributed by atoms with Gasteiger partial charge in [-0.25, -0.2) is 9.79 Å². The van der Waals surface area contributed by atoms with Crippen LogP contribution in [-0.4, -0.2) is 24.3 Å². The number of hydrogen-bond donors (Lipinski definition) is 0. The van der Waals surface area contributed by atoms with E-state index in [0.717, 1.165) is 21.3 Å². The molecule has 4 rings (SSSR count). The van der Waals surface area contributed by atoms with Crippen LogP contribution in [0, 0.1) is 0 Å². The minimum Gasteiger partial charge on any atom is -0.497 e. The summed E-state index contributed by atoms with van der Waals surface area (Å²) in [5, 5.41) is 0. The first-order valence-corrected chi connectivity index (χ1v) is 11.6. The summed E-state index contributed by atoms with van der Waals surface area (Å²) in [6.07, 6.45) is 1.82. The molecule has 6 nitrogen and oxygen atoms in total. The van der Waals surface area contributed by atoms with Crippen molar-refractivity contribution in [3.8, 4) is 5.75 Å². The van der Waals surface area contributed by atoms with Crippen LogP contribution in [0.15, 0.2) is 74.1 Å². The zero-order chi connectivity index (χ0) is 22.8. The van der Waals surface area contributed by atoms with E-state index in [4.69, 9.17) is 9.47 Å². The number of hydrogen-bond acceptors (Lipinski definition) is 6. The standard InChI is InChI=1S/C24H21BrN2O4S/c1-4-31-23(29)20-14(2)26-24-27(21(20)16-7-9-17(25)10-8-16)22(28)19(32-24)13-15-5-11-18(30-3)12-6-15/h5-13,21H,4H2,1-3H3. The summed E-state index contributed by atoms with van der Waals surface area (Å²) in [4.78, 5) is 31.5. The Morgan fingerprint density at radius 3 is 2.50 bits per heavy atom. The minimum absolute atomic E-state index is 0.202. The van der Waals surface area contributed by atoms with Crippen molar-refractivity contribution in [3.63, 3.8) is 0 Å². The smallest absolute Gasteiger partial charge is 0.338 e. The van der Waals surface area contributed by atoms with Gasteiger partial charge in [-0.3, -0.25) is 9.36 Å². The zero-order valence-electron chi connectivity index (χ0n) is 17.8. The Morgan fingerprint density at radius 1 is 1.19 bits per heavy atom. The van der Waals surface area contributed by atoms with Crippen molar-refractivity contribution >= 4 is 39.3 Å². The van der Waals surface area contributed by atoms with E-state index in [1.54, 1.807) is 25.5 Å². The number of allylic oxidation sites excluding steroid dienone is 1. The molecule has 1 unspecified atom stereocenters. The number of carbonyl (C=O) groups is 1. The largest absolute Gasteiger partial charge is 0.497 e. The van der Waals surface area contributed by atoms with Crippen LogP contribution in [-0.2, 0) is 9.53 Å². The van der Waals surface area contributed by atoms with Gasteiger partial charge in [-0.05, 0) is 55.3 Å². The Morgan fingerprint density at radius 2 is 1.88 bits per heavy atom. The predicted molar refractivity (Wildman–Crippen MR) is 128 cm³/mol. The van der Waals surface area contributed by atoms with E-state index in [0.29, 0.717) is 20.6 Å². The second kappa shape index (κ2) is 9.26. The fourth-order valence-electron chi connectivity index (χ4n) is 3.60. The molecule has 32 heavy (non-hydrogen) atoms. The first-order chi connectivity index (χ1) is 15.4. The molecule has 0 saturated carbocycles. The van der Waals surface area contributed by atoms with Crippen LogP contribution >= 0.6 is 27.3 Å². The monoisotopic (exact) mass is 512 g/mol. The number of carbonyl (C=O) groups excluding carboxylic acids is 1. The van der Waals surface area contributed by atoms with E-state index >= 15 is 0 Å². The van der Waals surface area contributed by atoms with Gasteiger partial charge in [-0.15, -0.1) is 0 Å². The lowest BCUT2D eigenvalue weighted by atomic mass is 9.96. The SMILES string of the molecule is CCOC(=O)C1=C(C)N=c2sc(=Cc3ccc(OC)cc3)c(=O)n2C1c1ccc(Br)cc1. The quantitative estimate of drug-likeness (QED) is 0.490. The fourth-order valence-corrected chi connectivity index (χ4v) is 4.91. The van der Waals surface area contributed by atoms with Crippen molar-refractivity contribution in [2.45, 2.75) is 19.9 Å². The summed E-state index contributed by atoms with van der Waals surface area (Å²) in [6.45, 7) is 3.77. The third kappa shape index (κ3) is 4.20. The molecule has 2 aromatic carbocycles. The van der Waals surface area contributed by atoms with Crippen LogP contribution in [0.4, 0.5) is 0 Å². The number of methoxy groups -OCH3 is 1. The molecule has 3 aromatic rings. The molecule has 1 aliphatic heterocycles. The highest BCUT2D eigenvalue weighted by Gasteiger charge is 2.33. The Balaban J connectivity index is 1.92. The summed E-state index contributed by atoms with van der Waals surface area (Å²) in [7, 11) is 1.61. The number of halogens is 1. The highest BCUT2D eigenvalue weighted by molar-refractivity contribution is 9.10. The van der Waals surface area contributed by atoms with Gasteiger partial charge >= 0.3 is 5.97 Å². The van der Waals surface area contributed by atoms with Crippen LogP contribution in [0.5, 0.6) is 5.75 Å². The molecule has 164 valence electrons. The summed E-state index contributed by atoms with van der Waals surface area (Å²) in [6, 6.07) is 14.4. The summed E-state index contributed by atoms with van der Waals surface area (Å²) < 4.78 is 13.5. The number of thiazole rings is 1. The molecule has 0 spiro atoms. The molecule has 2 heterocycles. The molecule has 0 radical (unpaired) electrons. The minimum atomic E-state index is -0.614. The lowest BCUT2D eigenvalue weighted by Crippen LogP contribution is -2.39. The van der Waals surface area contributed by atoms with Gasteiger partial charge in [0.2, 0.25) is 0 Å². The van der Waals surface area contributed by atoms with Gasteiger partial charge in [0.15, 0.2) is 4.80 Å². The number of benzene rings is 2. The number of rotatable bonds is 5. The van der Waals surface area contributed by atoms with E-state index in [1.807, 2.05) is 54.6 Å². The lowest BCUT2D eigenvalue weighted by Gasteiger charge is -2.24. The van der Waals surface area contributed by atoms with Gasteiger partial charge < -0.3 is 9.47 Å². The fraction of sp³-hybridized carbons (Fsp3) is 0.208. The van der Waals surface area contributed by atoms with Crippen molar-refractivity contribution in [3.05, 3.63) is 95.1 Å². The molecule has 0 amide bonds. The molecule has 0 bridgehead atoms. The third-order valence-corrected chi connectivity index (χ3v) is 6.63. The van der Waals surface area contributed by atoms with E-state index in [1.165, 1.54) is 11.3 Å². The number of fused-ring (bicyclic) bond motifs is 1. The zero-order valence-corrected chi connectivity index (χ0v) is 20.2. The average Bonchev–Trinajstić information content (AvgIpc) is 3.08. The van der Waals surface area contributed by atoms with E-state index in [2.05, 4.69) is 20.9 Å². The topological polar surface area (TPSA) is 69.9 Å². The van der Waals surface area contributed by atoms with Gasteiger partial charge in [0, 0.05) is 4.47 Å². The molecular formula is C24H21BrN2O4S. The Labute approximate surface area is 197 Å². The van der Waals surface area contributed by atoms with E-state index in [9.17, 15) is 9.59 Å². The van der Waals surface area contributed by atoms with E-state index < -0.39 is 12.0 Å². The molecule has 8 heteroatoms. The Hall–Kier alpha value is -2.97. The highest BCUT2D eigenvalue weighted by Crippen LogP contribution is 2.31. The maximum Gasteiger partial charge on any atom is 0.338 e. The average molecular weight is 513 g/mol.